The summed E-state index contributed by atoms with van der Waals surface area (Å²) in [4.78, 5) is 26.8. The second kappa shape index (κ2) is 6.31. The highest BCUT2D eigenvalue weighted by atomic mass is 19.1. The van der Waals surface area contributed by atoms with E-state index in [1.54, 1.807) is 23.1 Å². The van der Waals surface area contributed by atoms with Gasteiger partial charge in [-0.1, -0.05) is 36.4 Å². The zero-order valence-electron chi connectivity index (χ0n) is 13.7. The number of anilines is 1. The number of carbonyl (C=O) groups is 2. The molecule has 2 aromatic carbocycles. The second-order valence-electron chi connectivity index (χ2n) is 6.63. The highest BCUT2D eigenvalue weighted by molar-refractivity contribution is 6.02. The Morgan fingerprint density at radius 3 is 2.68 bits per heavy atom. The standard InChI is InChI=1S/C20H19FN2O2/c21-17-7-3-1-6-14(17)12-22-19(24)15-11-16(15)20(25)23-10-9-13-5-2-4-8-18(13)23/h1-8,15-16H,9-12H2,(H,22,24). The molecule has 25 heavy (non-hydrogen) atoms. The molecule has 0 spiro atoms. The van der Waals surface area contributed by atoms with E-state index in [4.69, 9.17) is 0 Å². The normalized spacial score (nSPS) is 20.9. The van der Waals surface area contributed by atoms with E-state index in [9.17, 15) is 14.0 Å². The molecule has 128 valence electrons. The van der Waals surface area contributed by atoms with Gasteiger partial charge in [-0.3, -0.25) is 9.59 Å². The van der Waals surface area contributed by atoms with Crippen LogP contribution in [-0.4, -0.2) is 18.4 Å². The second-order valence-corrected chi connectivity index (χ2v) is 6.63. The molecule has 1 fully saturated rings. The average molecular weight is 338 g/mol. The number of benzene rings is 2. The lowest BCUT2D eigenvalue weighted by Gasteiger charge is -2.17. The third-order valence-corrected chi connectivity index (χ3v) is 5.01. The quantitative estimate of drug-likeness (QED) is 0.932. The molecule has 1 aliphatic heterocycles. The fourth-order valence-electron chi connectivity index (χ4n) is 3.48. The van der Waals surface area contributed by atoms with Crippen molar-refractivity contribution in [2.75, 3.05) is 11.4 Å². The Balaban J connectivity index is 1.35. The van der Waals surface area contributed by atoms with Crippen LogP contribution in [0.1, 0.15) is 17.5 Å². The monoisotopic (exact) mass is 338 g/mol. The summed E-state index contributed by atoms with van der Waals surface area (Å²) in [5, 5.41) is 2.75. The van der Waals surface area contributed by atoms with Gasteiger partial charge in [-0.15, -0.1) is 0 Å². The molecule has 2 amide bonds. The Bertz CT molecular complexity index is 836. The summed E-state index contributed by atoms with van der Waals surface area (Å²) in [7, 11) is 0. The fraction of sp³-hybridized carbons (Fsp3) is 0.300. The van der Waals surface area contributed by atoms with Crippen molar-refractivity contribution in [2.45, 2.75) is 19.4 Å². The van der Waals surface area contributed by atoms with Gasteiger partial charge in [0.1, 0.15) is 5.82 Å². The minimum Gasteiger partial charge on any atom is -0.352 e. The molecule has 1 aliphatic carbocycles. The van der Waals surface area contributed by atoms with Gasteiger partial charge in [0.2, 0.25) is 11.8 Å². The zero-order chi connectivity index (χ0) is 17.4. The van der Waals surface area contributed by atoms with Gasteiger partial charge in [0, 0.05) is 24.3 Å². The van der Waals surface area contributed by atoms with Gasteiger partial charge in [-0.25, -0.2) is 4.39 Å². The first-order chi connectivity index (χ1) is 12.1. The first-order valence-corrected chi connectivity index (χ1v) is 8.55. The van der Waals surface area contributed by atoms with Crippen LogP contribution in [0.3, 0.4) is 0 Å². The third kappa shape index (κ3) is 3.02. The Morgan fingerprint density at radius 1 is 1.08 bits per heavy atom. The molecule has 1 heterocycles. The number of carbonyl (C=O) groups excluding carboxylic acids is 2. The van der Waals surface area contributed by atoms with E-state index in [0.717, 1.165) is 12.1 Å². The van der Waals surface area contributed by atoms with Crippen molar-refractivity contribution >= 4 is 17.5 Å². The molecular formula is C20H19FN2O2. The van der Waals surface area contributed by atoms with Crippen molar-refractivity contribution in [1.29, 1.82) is 0 Å². The van der Waals surface area contributed by atoms with Gasteiger partial charge < -0.3 is 10.2 Å². The number of para-hydroxylation sites is 1. The molecule has 1 saturated carbocycles. The number of hydrogen-bond acceptors (Lipinski definition) is 2. The van der Waals surface area contributed by atoms with E-state index < -0.39 is 0 Å². The molecule has 0 bridgehead atoms. The maximum Gasteiger partial charge on any atom is 0.230 e. The zero-order valence-corrected chi connectivity index (χ0v) is 13.7. The Morgan fingerprint density at radius 2 is 1.84 bits per heavy atom. The molecule has 2 unspecified atom stereocenters. The van der Waals surface area contributed by atoms with E-state index in [1.165, 1.54) is 11.6 Å². The third-order valence-electron chi connectivity index (χ3n) is 5.01. The molecule has 0 aromatic heterocycles. The van der Waals surface area contributed by atoms with Gasteiger partial charge in [0.15, 0.2) is 0 Å². The van der Waals surface area contributed by atoms with Crippen LogP contribution in [0, 0.1) is 17.7 Å². The molecule has 1 N–H and O–H groups in total. The van der Waals surface area contributed by atoms with Crippen LogP contribution >= 0.6 is 0 Å². The molecule has 2 aliphatic rings. The van der Waals surface area contributed by atoms with Crippen molar-refractivity contribution < 1.29 is 14.0 Å². The SMILES string of the molecule is O=C(NCc1ccccc1F)C1CC1C(=O)N1CCc2ccccc21. The maximum absolute atomic E-state index is 13.6. The number of rotatable bonds is 4. The first-order valence-electron chi connectivity index (χ1n) is 8.55. The summed E-state index contributed by atoms with van der Waals surface area (Å²) in [5.74, 6) is -1.04. The van der Waals surface area contributed by atoms with Gasteiger partial charge in [0.25, 0.3) is 0 Å². The van der Waals surface area contributed by atoms with Crippen molar-refractivity contribution in [3.63, 3.8) is 0 Å². The van der Waals surface area contributed by atoms with Crippen LogP contribution in [0.25, 0.3) is 0 Å². The number of amides is 2. The molecule has 4 nitrogen and oxygen atoms in total. The summed E-state index contributed by atoms with van der Waals surface area (Å²) in [5.41, 5.74) is 2.59. The van der Waals surface area contributed by atoms with E-state index in [1.807, 2.05) is 24.3 Å². The van der Waals surface area contributed by atoms with Crippen molar-refractivity contribution in [1.82, 2.24) is 5.32 Å². The predicted octanol–water partition coefficient (Wildman–Crippen LogP) is 2.67. The Hall–Kier alpha value is -2.69. The van der Waals surface area contributed by atoms with E-state index in [0.29, 0.717) is 18.5 Å². The molecule has 2 aromatic rings. The van der Waals surface area contributed by atoms with Crippen LogP contribution in [0.4, 0.5) is 10.1 Å². The molecule has 0 saturated heterocycles. The van der Waals surface area contributed by atoms with E-state index >= 15 is 0 Å². The topological polar surface area (TPSA) is 49.4 Å². The van der Waals surface area contributed by atoms with Gasteiger partial charge in [-0.2, -0.15) is 0 Å². The first kappa shape index (κ1) is 15.8. The molecule has 2 atom stereocenters. The number of halogens is 1. The highest BCUT2D eigenvalue weighted by Gasteiger charge is 2.50. The number of nitrogens with one attached hydrogen (secondary N) is 1. The minimum atomic E-state index is -0.333. The fourth-order valence-corrected chi connectivity index (χ4v) is 3.48. The number of fused-ring (bicyclic) bond motifs is 1. The number of hydrogen-bond donors (Lipinski definition) is 1. The van der Waals surface area contributed by atoms with Crippen LogP contribution in [-0.2, 0) is 22.6 Å². The largest absolute Gasteiger partial charge is 0.352 e. The van der Waals surface area contributed by atoms with Gasteiger partial charge in [0.05, 0.1) is 11.8 Å². The Labute approximate surface area is 145 Å². The lowest BCUT2D eigenvalue weighted by Crippen LogP contribution is -2.33. The minimum absolute atomic E-state index is 0.0241. The summed E-state index contributed by atoms with van der Waals surface area (Å²) >= 11 is 0. The van der Waals surface area contributed by atoms with Crippen LogP contribution < -0.4 is 10.2 Å². The lowest BCUT2D eigenvalue weighted by molar-refractivity contribution is -0.126. The number of nitrogens with zero attached hydrogens (tertiary/aromatic N) is 1. The van der Waals surface area contributed by atoms with E-state index in [2.05, 4.69) is 5.32 Å². The predicted molar refractivity (Wildman–Crippen MR) is 92.3 cm³/mol. The summed E-state index contributed by atoms with van der Waals surface area (Å²) in [6.07, 6.45) is 1.43. The average Bonchev–Trinajstić information content (AvgIpc) is 3.32. The van der Waals surface area contributed by atoms with Crippen LogP contribution in [0.5, 0.6) is 0 Å². The van der Waals surface area contributed by atoms with Crippen LogP contribution in [0.2, 0.25) is 0 Å². The van der Waals surface area contributed by atoms with E-state index in [-0.39, 0.29) is 36.0 Å². The Kier molecular flexibility index (Phi) is 3.99. The highest BCUT2D eigenvalue weighted by Crippen LogP contribution is 2.42. The lowest BCUT2D eigenvalue weighted by atomic mass is 10.2. The maximum atomic E-state index is 13.6. The molecule has 4 rings (SSSR count). The van der Waals surface area contributed by atoms with Crippen molar-refractivity contribution in [3.8, 4) is 0 Å². The molecule has 5 heteroatoms. The van der Waals surface area contributed by atoms with Crippen molar-refractivity contribution in [3.05, 3.63) is 65.5 Å². The van der Waals surface area contributed by atoms with Gasteiger partial charge >= 0.3 is 0 Å². The molecular weight excluding hydrogens is 319 g/mol. The summed E-state index contributed by atoms with van der Waals surface area (Å²) in [6.45, 7) is 0.827. The summed E-state index contributed by atoms with van der Waals surface area (Å²) in [6, 6.07) is 14.3. The van der Waals surface area contributed by atoms with Crippen LogP contribution in [0.15, 0.2) is 48.5 Å². The van der Waals surface area contributed by atoms with Gasteiger partial charge in [-0.05, 0) is 30.5 Å². The molecule has 0 radical (unpaired) electrons. The van der Waals surface area contributed by atoms with Crippen molar-refractivity contribution in [2.24, 2.45) is 11.8 Å². The summed E-state index contributed by atoms with van der Waals surface area (Å²) < 4.78 is 13.6. The smallest absolute Gasteiger partial charge is 0.230 e.